The molecule has 2 aromatic heterocycles. The van der Waals surface area contributed by atoms with Crippen molar-refractivity contribution in [3.05, 3.63) is 48.7 Å². The Kier molecular flexibility index (Phi) is 3.50. The topological polar surface area (TPSA) is 89.6 Å². The van der Waals surface area contributed by atoms with Crippen LogP contribution in [-0.4, -0.2) is 25.4 Å². The van der Waals surface area contributed by atoms with Gasteiger partial charge in [0.25, 0.3) is 0 Å². The van der Waals surface area contributed by atoms with Crippen LogP contribution in [0.2, 0.25) is 0 Å². The number of aromatic amines is 1. The minimum Gasteiger partial charge on any atom is -0.368 e. The lowest BCUT2D eigenvalue weighted by atomic mass is 10.1. The third kappa shape index (κ3) is 2.39. The standard InChI is InChI=1S/C16H17N5O/c1-10(16(17)22)21-9-19-14(12-6-4-3-5-7-12)15(21)13-8-18-11(2)20-13/h3-10H,1-2H3,(H2,17,22)(H,18,20)/t10-/m1/s1. The molecule has 22 heavy (non-hydrogen) atoms. The molecule has 6 nitrogen and oxygen atoms in total. The van der Waals surface area contributed by atoms with Crippen molar-refractivity contribution in [3.8, 4) is 22.6 Å². The van der Waals surface area contributed by atoms with Crippen molar-refractivity contribution in [1.29, 1.82) is 0 Å². The lowest BCUT2D eigenvalue weighted by Gasteiger charge is -2.13. The van der Waals surface area contributed by atoms with E-state index in [1.165, 1.54) is 0 Å². The van der Waals surface area contributed by atoms with Gasteiger partial charge in [0, 0.05) is 5.56 Å². The first-order chi connectivity index (χ1) is 10.6. The summed E-state index contributed by atoms with van der Waals surface area (Å²) in [6, 6.07) is 9.32. The molecule has 6 heteroatoms. The molecule has 0 saturated heterocycles. The van der Waals surface area contributed by atoms with E-state index in [0.717, 1.165) is 28.5 Å². The number of hydrogen-bond acceptors (Lipinski definition) is 3. The monoisotopic (exact) mass is 295 g/mol. The fraction of sp³-hybridized carbons (Fsp3) is 0.188. The number of primary amides is 1. The van der Waals surface area contributed by atoms with Gasteiger partial charge in [0.2, 0.25) is 5.91 Å². The van der Waals surface area contributed by atoms with E-state index in [2.05, 4.69) is 15.0 Å². The lowest BCUT2D eigenvalue weighted by molar-refractivity contribution is -0.120. The third-order valence-electron chi connectivity index (χ3n) is 3.63. The summed E-state index contributed by atoms with van der Waals surface area (Å²) in [5, 5.41) is 0. The molecule has 3 aromatic rings. The summed E-state index contributed by atoms with van der Waals surface area (Å²) in [5.41, 5.74) is 8.83. The first-order valence-corrected chi connectivity index (χ1v) is 7.01. The average molecular weight is 295 g/mol. The first kappa shape index (κ1) is 14.1. The number of nitrogens with two attached hydrogens (primary N) is 1. The zero-order valence-electron chi connectivity index (χ0n) is 12.4. The molecule has 112 valence electrons. The SMILES string of the molecule is Cc1ncc(-c2c(-c3ccccc3)ncn2[C@H](C)C(N)=O)[nH]1. The maximum atomic E-state index is 11.6. The van der Waals surface area contributed by atoms with Crippen LogP contribution >= 0.6 is 0 Å². The van der Waals surface area contributed by atoms with Gasteiger partial charge >= 0.3 is 0 Å². The second kappa shape index (κ2) is 5.48. The number of carbonyl (C=O) groups excluding carboxylic acids is 1. The number of aryl methyl sites for hydroxylation is 1. The van der Waals surface area contributed by atoms with E-state index >= 15 is 0 Å². The van der Waals surface area contributed by atoms with Crippen molar-refractivity contribution in [3.63, 3.8) is 0 Å². The molecule has 0 aliphatic heterocycles. The van der Waals surface area contributed by atoms with Gasteiger partial charge in [0.15, 0.2) is 0 Å². The molecule has 1 amide bonds. The van der Waals surface area contributed by atoms with Crippen LogP contribution < -0.4 is 5.73 Å². The Balaban J connectivity index is 2.22. The zero-order chi connectivity index (χ0) is 15.7. The first-order valence-electron chi connectivity index (χ1n) is 7.01. The summed E-state index contributed by atoms with van der Waals surface area (Å²) in [4.78, 5) is 23.5. The maximum absolute atomic E-state index is 11.6. The second-order valence-electron chi connectivity index (χ2n) is 5.18. The van der Waals surface area contributed by atoms with Crippen LogP contribution in [0.5, 0.6) is 0 Å². The summed E-state index contributed by atoms with van der Waals surface area (Å²) < 4.78 is 1.78. The smallest absolute Gasteiger partial charge is 0.240 e. The maximum Gasteiger partial charge on any atom is 0.240 e. The van der Waals surface area contributed by atoms with Gasteiger partial charge in [-0.25, -0.2) is 9.97 Å². The number of hydrogen-bond donors (Lipinski definition) is 2. The molecule has 2 heterocycles. The number of amides is 1. The molecule has 0 spiro atoms. The van der Waals surface area contributed by atoms with Crippen molar-refractivity contribution in [2.75, 3.05) is 0 Å². The van der Waals surface area contributed by atoms with Gasteiger partial charge in [0.05, 0.1) is 29.6 Å². The molecule has 3 rings (SSSR count). The van der Waals surface area contributed by atoms with Gasteiger partial charge in [-0.1, -0.05) is 30.3 Å². The average Bonchev–Trinajstić information content (AvgIpc) is 3.13. The Labute approximate surface area is 128 Å². The van der Waals surface area contributed by atoms with Crippen molar-refractivity contribution in [2.24, 2.45) is 5.73 Å². The minimum absolute atomic E-state index is 0.408. The largest absolute Gasteiger partial charge is 0.368 e. The highest BCUT2D eigenvalue weighted by atomic mass is 16.1. The van der Waals surface area contributed by atoms with E-state index in [1.54, 1.807) is 24.0 Å². The van der Waals surface area contributed by atoms with Gasteiger partial charge in [0.1, 0.15) is 11.9 Å². The van der Waals surface area contributed by atoms with E-state index in [0.29, 0.717) is 0 Å². The Morgan fingerprint density at radius 3 is 2.59 bits per heavy atom. The fourth-order valence-electron chi connectivity index (χ4n) is 2.41. The number of H-pyrrole nitrogens is 1. The van der Waals surface area contributed by atoms with Crippen molar-refractivity contribution < 1.29 is 4.79 Å². The number of rotatable bonds is 4. The van der Waals surface area contributed by atoms with Crippen LogP contribution in [0.1, 0.15) is 18.8 Å². The molecule has 0 saturated carbocycles. The van der Waals surface area contributed by atoms with Gasteiger partial charge in [-0.05, 0) is 13.8 Å². The van der Waals surface area contributed by atoms with Crippen LogP contribution in [0.15, 0.2) is 42.9 Å². The second-order valence-corrected chi connectivity index (χ2v) is 5.18. The molecular weight excluding hydrogens is 278 g/mol. The molecule has 0 aliphatic carbocycles. The van der Waals surface area contributed by atoms with E-state index in [-0.39, 0.29) is 0 Å². The molecule has 0 radical (unpaired) electrons. The summed E-state index contributed by atoms with van der Waals surface area (Å²) in [5.74, 6) is 0.392. The molecule has 1 atom stereocenters. The fourth-order valence-corrected chi connectivity index (χ4v) is 2.41. The number of nitrogens with one attached hydrogen (secondary N) is 1. The Bertz CT molecular complexity index is 803. The third-order valence-corrected chi connectivity index (χ3v) is 3.63. The number of aromatic nitrogens is 4. The predicted octanol–water partition coefficient (Wildman–Crippen LogP) is 2.29. The zero-order valence-corrected chi connectivity index (χ0v) is 12.4. The summed E-state index contributed by atoms with van der Waals surface area (Å²) in [6.07, 6.45) is 3.38. The van der Waals surface area contributed by atoms with Crippen LogP contribution in [0.3, 0.4) is 0 Å². The summed E-state index contributed by atoms with van der Waals surface area (Å²) in [7, 11) is 0. The molecular formula is C16H17N5O. The highest BCUT2D eigenvalue weighted by Crippen LogP contribution is 2.32. The minimum atomic E-state index is -0.497. The van der Waals surface area contributed by atoms with Gasteiger partial charge in [-0.15, -0.1) is 0 Å². The number of benzene rings is 1. The highest BCUT2D eigenvalue weighted by molar-refractivity contribution is 5.82. The molecule has 0 fully saturated rings. The van der Waals surface area contributed by atoms with Gasteiger partial charge < -0.3 is 15.3 Å². The number of nitrogens with zero attached hydrogens (tertiary/aromatic N) is 3. The summed E-state index contributed by atoms with van der Waals surface area (Å²) in [6.45, 7) is 3.63. The number of carbonyl (C=O) groups is 1. The molecule has 3 N–H and O–H groups in total. The van der Waals surface area contributed by atoms with Gasteiger partial charge in [-0.3, -0.25) is 4.79 Å². The van der Waals surface area contributed by atoms with Gasteiger partial charge in [-0.2, -0.15) is 0 Å². The predicted molar refractivity (Wildman–Crippen MR) is 83.9 cm³/mol. The van der Waals surface area contributed by atoms with Crippen LogP contribution in [0.4, 0.5) is 0 Å². The molecule has 0 unspecified atom stereocenters. The van der Waals surface area contributed by atoms with E-state index in [1.807, 2.05) is 37.3 Å². The molecule has 0 bridgehead atoms. The van der Waals surface area contributed by atoms with E-state index in [9.17, 15) is 4.79 Å². The number of imidazole rings is 2. The van der Waals surface area contributed by atoms with Crippen molar-refractivity contribution in [1.82, 2.24) is 19.5 Å². The molecule has 1 aromatic carbocycles. The van der Waals surface area contributed by atoms with Crippen molar-refractivity contribution >= 4 is 5.91 Å². The lowest BCUT2D eigenvalue weighted by Crippen LogP contribution is -2.24. The quantitative estimate of drug-likeness (QED) is 0.774. The van der Waals surface area contributed by atoms with E-state index in [4.69, 9.17) is 5.73 Å². The summed E-state index contributed by atoms with van der Waals surface area (Å²) >= 11 is 0. The molecule has 0 aliphatic rings. The van der Waals surface area contributed by atoms with Crippen LogP contribution in [0, 0.1) is 6.92 Å². The Hall–Kier alpha value is -2.89. The Morgan fingerprint density at radius 1 is 1.27 bits per heavy atom. The van der Waals surface area contributed by atoms with E-state index < -0.39 is 11.9 Å². The van der Waals surface area contributed by atoms with Crippen LogP contribution in [0.25, 0.3) is 22.6 Å². The van der Waals surface area contributed by atoms with Crippen molar-refractivity contribution in [2.45, 2.75) is 19.9 Å². The normalized spacial score (nSPS) is 12.3. The highest BCUT2D eigenvalue weighted by Gasteiger charge is 2.22. The van der Waals surface area contributed by atoms with Crippen LogP contribution in [-0.2, 0) is 4.79 Å². The Morgan fingerprint density at radius 2 is 2.00 bits per heavy atom.